The van der Waals surface area contributed by atoms with Crippen LogP contribution in [0, 0.1) is 11.3 Å². The first-order valence-electron chi connectivity index (χ1n) is 4.56. The zero-order valence-corrected chi connectivity index (χ0v) is 9.14. The molecule has 0 aromatic heterocycles. The largest absolute Gasteiger partial charge is 0.401 e. The van der Waals surface area contributed by atoms with Gasteiger partial charge in [0.2, 0.25) is 0 Å². The van der Waals surface area contributed by atoms with Crippen molar-refractivity contribution in [3.63, 3.8) is 0 Å². The summed E-state index contributed by atoms with van der Waals surface area (Å²) >= 11 is 5.00. The van der Waals surface area contributed by atoms with E-state index in [9.17, 15) is 0 Å². The van der Waals surface area contributed by atoms with Crippen molar-refractivity contribution in [3.05, 3.63) is 22.5 Å². The quantitative estimate of drug-likeness (QED) is 0.396. The van der Waals surface area contributed by atoms with Gasteiger partial charge in [0.25, 0.3) is 0 Å². The zero-order valence-electron chi connectivity index (χ0n) is 8.32. The summed E-state index contributed by atoms with van der Waals surface area (Å²) in [6.07, 6.45) is -0.0991. The summed E-state index contributed by atoms with van der Waals surface area (Å²) in [5, 5.41) is 11.8. The first kappa shape index (κ1) is 10.4. The van der Waals surface area contributed by atoms with Gasteiger partial charge in [-0.1, -0.05) is 12.2 Å². The highest BCUT2D eigenvalue weighted by atomic mass is 32.1. The van der Waals surface area contributed by atoms with Crippen molar-refractivity contribution in [2.24, 2.45) is 22.2 Å². The van der Waals surface area contributed by atoms with E-state index in [4.69, 9.17) is 34.7 Å². The lowest BCUT2D eigenvalue weighted by Crippen LogP contribution is -2.46. The lowest BCUT2D eigenvalue weighted by atomic mass is 9.95. The third kappa shape index (κ3) is 1.40. The molecule has 0 aromatic carbocycles. The predicted octanol–water partition coefficient (Wildman–Crippen LogP) is -1.05. The molecule has 16 heavy (non-hydrogen) atoms. The van der Waals surface area contributed by atoms with Gasteiger partial charge in [-0.25, -0.2) is 4.99 Å². The number of fused-ring (bicyclic) bond motifs is 1. The summed E-state index contributed by atoms with van der Waals surface area (Å²) in [6.45, 7) is 0. The molecule has 1 atom stereocenters. The van der Waals surface area contributed by atoms with E-state index in [0.29, 0.717) is 29.2 Å². The first-order valence-corrected chi connectivity index (χ1v) is 4.97. The number of aliphatic imine (C=N–C) groups is 1. The molecule has 2 rings (SSSR count). The minimum atomic E-state index is -0.460. The van der Waals surface area contributed by atoms with Crippen LogP contribution in [-0.4, -0.2) is 17.0 Å². The van der Waals surface area contributed by atoms with Crippen molar-refractivity contribution in [3.8, 4) is 6.07 Å². The molecule has 0 spiro atoms. The number of nitrogens with one attached hydrogen (secondary N) is 1. The number of nitriles is 1. The maximum absolute atomic E-state index is 8.92. The van der Waals surface area contributed by atoms with Crippen molar-refractivity contribution in [1.29, 1.82) is 5.26 Å². The molecular weight excluding hydrogens is 224 g/mol. The number of hydrogen-bond acceptors (Lipinski definition) is 6. The number of nitrogens with two attached hydrogens (primary N) is 3. The molecule has 1 unspecified atom stereocenters. The fraction of sp³-hybridized carbons (Fsp3) is 0.222. The maximum Gasteiger partial charge on any atom is 0.151 e. The Kier molecular flexibility index (Phi) is 2.29. The van der Waals surface area contributed by atoms with Gasteiger partial charge in [0.05, 0.1) is 5.70 Å². The number of amidine groups is 1. The molecule has 0 fully saturated rings. The molecule has 0 radical (unpaired) electrons. The smallest absolute Gasteiger partial charge is 0.151 e. The third-order valence-corrected chi connectivity index (χ3v) is 2.77. The highest BCUT2D eigenvalue weighted by Gasteiger charge is 2.31. The molecule has 82 valence electrons. The lowest BCUT2D eigenvalue weighted by Gasteiger charge is -2.30. The second kappa shape index (κ2) is 3.50. The standard InChI is InChI=1S/C9H10N6S/c10-2-3-7(13)6-4(11)1-5(12)14-8(6)15-9(3)16/h8H,1,11,13H2,(H2,12,14)(H,15,16). The predicted molar refractivity (Wildman–Crippen MR) is 63.8 cm³/mol. The van der Waals surface area contributed by atoms with Gasteiger partial charge in [0.15, 0.2) is 6.17 Å². The summed E-state index contributed by atoms with van der Waals surface area (Å²) in [4.78, 5) is 4.44. The van der Waals surface area contributed by atoms with Gasteiger partial charge in [-0.05, 0) is 0 Å². The Bertz CT molecular complexity index is 507. The molecule has 2 heterocycles. The Labute approximate surface area is 97.5 Å². The lowest BCUT2D eigenvalue weighted by molar-refractivity contribution is 0.695. The zero-order chi connectivity index (χ0) is 11.9. The minimum absolute atomic E-state index is 0.236. The molecule has 7 N–H and O–H groups in total. The SMILES string of the molecule is N#CC1=C(N)C2=C(N)CC(N)=NC2NC1=S. The summed E-state index contributed by atoms with van der Waals surface area (Å²) in [6, 6.07) is 1.95. The van der Waals surface area contributed by atoms with E-state index in [1.165, 1.54) is 0 Å². The van der Waals surface area contributed by atoms with Gasteiger partial charge in [0.1, 0.15) is 22.5 Å². The fourth-order valence-electron chi connectivity index (χ4n) is 1.73. The van der Waals surface area contributed by atoms with Crippen molar-refractivity contribution in [1.82, 2.24) is 5.32 Å². The fourth-order valence-corrected chi connectivity index (χ4v) is 2.00. The summed E-state index contributed by atoms with van der Waals surface area (Å²) in [5.41, 5.74) is 19.0. The summed E-state index contributed by atoms with van der Waals surface area (Å²) in [5.74, 6) is 0.426. The van der Waals surface area contributed by atoms with Crippen LogP contribution in [0.25, 0.3) is 0 Å². The van der Waals surface area contributed by atoms with E-state index in [-0.39, 0.29) is 10.6 Å². The number of dihydropyridines is 1. The Morgan fingerprint density at radius 1 is 1.44 bits per heavy atom. The highest BCUT2D eigenvalue weighted by Crippen LogP contribution is 2.26. The van der Waals surface area contributed by atoms with Gasteiger partial charge in [-0.3, -0.25) is 0 Å². The van der Waals surface area contributed by atoms with Crippen LogP contribution in [-0.2, 0) is 0 Å². The van der Waals surface area contributed by atoms with E-state index >= 15 is 0 Å². The van der Waals surface area contributed by atoms with E-state index in [1.54, 1.807) is 0 Å². The number of hydrogen-bond donors (Lipinski definition) is 4. The number of nitrogens with zero attached hydrogens (tertiary/aromatic N) is 2. The second-order valence-electron chi connectivity index (χ2n) is 3.51. The Morgan fingerprint density at radius 2 is 2.12 bits per heavy atom. The van der Waals surface area contributed by atoms with Crippen LogP contribution in [0.3, 0.4) is 0 Å². The van der Waals surface area contributed by atoms with Crippen LogP contribution < -0.4 is 22.5 Å². The number of thiocarbonyl (C=S) groups is 1. The molecule has 6 nitrogen and oxygen atoms in total. The van der Waals surface area contributed by atoms with Crippen molar-refractivity contribution in [2.45, 2.75) is 12.6 Å². The molecule has 7 heteroatoms. The van der Waals surface area contributed by atoms with Gasteiger partial charge < -0.3 is 22.5 Å². The van der Waals surface area contributed by atoms with E-state index in [2.05, 4.69) is 10.3 Å². The Hall–Kier alpha value is -2.07. The average molecular weight is 234 g/mol. The molecule has 0 amide bonds. The van der Waals surface area contributed by atoms with Crippen LogP contribution >= 0.6 is 12.2 Å². The molecule has 0 saturated heterocycles. The molecule has 0 saturated carbocycles. The van der Waals surface area contributed by atoms with Gasteiger partial charge in [-0.2, -0.15) is 5.26 Å². The van der Waals surface area contributed by atoms with Crippen LogP contribution in [0.15, 0.2) is 27.5 Å². The van der Waals surface area contributed by atoms with E-state index in [1.807, 2.05) is 6.07 Å². The van der Waals surface area contributed by atoms with Crippen LogP contribution in [0.5, 0.6) is 0 Å². The molecule has 2 aliphatic rings. The van der Waals surface area contributed by atoms with Crippen molar-refractivity contribution >= 4 is 23.0 Å². The van der Waals surface area contributed by atoms with Gasteiger partial charge in [-0.15, -0.1) is 0 Å². The summed E-state index contributed by atoms with van der Waals surface area (Å²) < 4.78 is 0. The van der Waals surface area contributed by atoms with E-state index < -0.39 is 6.17 Å². The monoisotopic (exact) mass is 234 g/mol. The average Bonchev–Trinajstić information content (AvgIpc) is 2.15. The molecule has 0 bridgehead atoms. The van der Waals surface area contributed by atoms with Crippen LogP contribution in [0.1, 0.15) is 6.42 Å². The van der Waals surface area contributed by atoms with E-state index in [0.717, 1.165) is 0 Å². The molecule has 0 aliphatic carbocycles. The van der Waals surface area contributed by atoms with Gasteiger partial charge in [0, 0.05) is 17.7 Å². The van der Waals surface area contributed by atoms with Crippen LogP contribution in [0.4, 0.5) is 0 Å². The Morgan fingerprint density at radius 3 is 2.75 bits per heavy atom. The molecule has 2 aliphatic heterocycles. The van der Waals surface area contributed by atoms with Crippen molar-refractivity contribution in [2.75, 3.05) is 0 Å². The highest BCUT2D eigenvalue weighted by molar-refractivity contribution is 7.80. The van der Waals surface area contributed by atoms with Gasteiger partial charge >= 0.3 is 0 Å². The van der Waals surface area contributed by atoms with Crippen molar-refractivity contribution < 1.29 is 0 Å². The third-order valence-electron chi connectivity index (χ3n) is 2.45. The Balaban J connectivity index is 2.59. The molecular formula is C9H10N6S. The normalized spacial score (nSPS) is 24.6. The topological polar surface area (TPSA) is 126 Å². The molecule has 0 aromatic rings. The van der Waals surface area contributed by atoms with Crippen LogP contribution in [0.2, 0.25) is 0 Å². The minimum Gasteiger partial charge on any atom is -0.401 e. The maximum atomic E-state index is 8.92. The first-order chi connectivity index (χ1) is 7.54. The second-order valence-corrected chi connectivity index (χ2v) is 3.92. The summed E-state index contributed by atoms with van der Waals surface area (Å²) in [7, 11) is 0. The number of rotatable bonds is 0.